The van der Waals surface area contributed by atoms with Crippen LogP contribution in [0.4, 0.5) is 0 Å². The topological polar surface area (TPSA) is 54.0 Å². The van der Waals surface area contributed by atoms with Crippen molar-refractivity contribution in [3.8, 4) is 6.07 Å². The number of rotatable bonds is 0. The van der Waals surface area contributed by atoms with Gasteiger partial charge in [-0.05, 0) is 6.92 Å². The van der Waals surface area contributed by atoms with Crippen LogP contribution in [0.25, 0.3) is 0 Å². The van der Waals surface area contributed by atoms with Crippen molar-refractivity contribution in [3.63, 3.8) is 0 Å². The molecule has 0 N–H and O–H groups in total. The molecule has 1 rings (SSSR count). The zero-order valence-corrected chi connectivity index (χ0v) is 5.42. The summed E-state index contributed by atoms with van der Waals surface area (Å²) < 4.78 is 4.81. The van der Waals surface area contributed by atoms with Crippen LogP contribution < -0.4 is 5.43 Å². The highest BCUT2D eigenvalue weighted by Crippen LogP contribution is 1.97. The van der Waals surface area contributed by atoms with Crippen LogP contribution in [-0.2, 0) is 0 Å². The van der Waals surface area contributed by atoms with E-state index in [1.54, 1.807) is 13.0 Å². The summed E-state index contributed by atoms with van der Waals surface area (Å²) in [5.74, 6) is 0.370. The molecule has 10 heavy (non-hydrogen) atoms. The molecule has 0 aromatic carbocycles. The van der Waals surface area contributed by atoms with E-state index in [2.05, 4.69) is 0 Å². The molecule has 0 atom stereocenters. The second-order valence-corrected chi connectivity index (χ2v) is 1.83. The Morgan fingerprint density at radius 3 is 2.80 bits per heavy atom. The molecule has 0 saturated heterocycles. The monoisotopic (exact) mass is 135 g/mol. The number of hydrogen-bond donors (Lipinski definition) is 0. The van der Waals surface area contributed by atoms with Gasteiger partial charge >= 0.3 is 0 Å². The summed E-state index contributed by atoms with van der Waals surface area (Å²) in [4.78, 5) is 10.8. The maximum atomic E-state index is 10.8. The predicted octanol–water partition coefficient (Wildman–Crippen LogP) is 0.820. The zero-order valence-electron chi connectivity index (χ0n) is 5.42. The van der Waals surface area contributed by atoms with Crippen LogP contribution in [0.1, 0.15) is 11.3 Å². The molecule has 0 unspecified atom stereocenters. The van der Waals surface area contributed by atoms with Gasteiger partial charge < -0.3 is 4.42 Å². The second-order valence-electron chi connectivity index (χ2n) is 1.83. The standard InChI is InChI=1S/C7H5NO2/c1-5-6(4-8)7(9)2-3-10-5/h2-3H,1H3. The molecule has 1 aromatic heterocycles. The van der Waals surface area contributed by atoms with Crippen LogP contribution in [0.15, 0.2) is 21.5 Å². The van der Waals surface area contributed by atoms with Gasteiger partial charge in [-0.25, -0.2) is 0 Å². The molecule has 0 radical (unpaired) electrons. The highest BCUT2D eigenvalue weighted by Gasteiger charge is 2.01. The smallest absolute Gasteiger partial charge is 0.202 e. The fraction of sp³-hybridized carbons (Fsp3) is 0.143. The van der Waals surface area contributed by atoms with Crippen molar-refractivity contribution < 1.29 is 4.42 Å². The molecule has 1 heterocycles. The Kier molecular flexibility index (Phi) is 1.55. The molecule has 50 valence electrons. The van der Waals surface area contributed by atoms with Crippen molar-refractivity contribution in [1.29, 1.82) is 5.26 Å². The lowest BCUT2D eigenvalue weighted by Gasteiger charge is -1.90. The van der Waals surface area contributed by atoms with Gasteiger partial charge in [-0.1, -0.05) is 0 Å². The van der Waals surface area contributed by atoms with Crippen molar-refractivity contribution in [1.82, 2.24) is 0 Å². The van der Waals surface area contributed by atoms with E-state index in [1.807, 2.05) is 0 Å². The minimum Gasteiger partial charge on any atom is -0.468 e. The van der Waals surface area contributed by atoms with E-state index in [9.17, 15) is 4.79 Å². The normalized spacial score (nSPS) is 8.80. The third-order valence-corrected chi connectivity index (χ3v) is 1.17. The van der Waals surface area contributed by atoms with E-state index in [-0.39, 0.29) is 11.0 Å². The van der Waals surface area contributed by atoms with E-state index in [4.69, 9.17) is 9.68 Å². The first-order valence-electron chi connectivity index (χ1n) is 2.74. The van der Waals surface area contributed by atoms with Crippen molar-refractivity contribution in [2.45, 2.75) is 6.92 Å². The third-order valence-electron chi connectivity index (χ3n) is 1.17. The molecular weight excluding hydrogens is 130 g/mol. The molecule has 0 aliphatic carbocycles. The first-order chi connectivity index (χ1) is 4.75. The molecule has 3 nitrogen and oxygen atoms in total. The maximum absolute atomic E-state index is 10.8. The fourth-order valence-electron chi connectivity index (χ4n) is 0.647. The van der Waals surface area contributed by atoms with E-state index in [0.717, 1.165) is 0 Å². The summed E-state index contributed by atoms with van der Waals surface area (Å²) in [6.45, 7) is 1.58. The second kappa shape index (κ2) is 2.36. The van der Waals surface area contributed by atoms with Gasteiger partial charge in [0.05, 0.1) is 6.26 Å². The summed E-state index contributed by atoms with van der Waals surface area (Å²) in [5, 5.41) is 8.39. The van der Waals surface area contributed by atoms with Crippen LogP contribution in [0.5, 0.6) is 0 Å². The molecule has 0 fully saturated rings. The van der Waals surface area contributed by atoms with Crippen molar-refractivity contribution >= 4 is 0 Å². The lowest BCUT2D eigenvalue weighted by molar-refractivity contribution is 0.512. The Morgan fingerprint density at radius 2 is 2.40 bits per heavy atom. The van der Waals surface area contributed by atoms with Gasteiger partial charge in [0.1, 0.15) is 17.4 Å². The Hall–Kier alpha value is -1.56. The molecule has 0 aliphatic rings. The number of nitrogens with zero attached hydrogens (tertiary/aromatic N) is 1. The van der Waals surface area contributed by atoms with Crippen molar-refractivity contribution in [2.75, 3.05) is 0 Å². The van der Waals surface area contributed by atoms with E-state index < -0.39 is 0 Å². The Bertz CT molecular complexity index is 332. The molecule has 3 heteroatoms. The first-order valence-corrected chi connectivity index (χ1v) is 2.74. The van der Waals surface area contributed by atoms with Crippen molar-refractivity contribution in [3.05, 3.63) is 33.9 Å². The number of nitriles is 1. The Morgan fingerprint density at radius 1 is 1.70 bits per heavy atom. The zero-order chi connectivity index (χ0) is 7.56. The molecule has 0 bridgehead atoms. The molecule has 0 aliphatic heterocycles. The highest BCUT2D eigenvalue weighted by molar-refractivity contribution is 5.29. The average molecular weight is 135 g/mol. The lowest BCUT2D eigenvalue weighted by atomic mass is 10.2. The quantitative estimate of drug-likeness (QED) is 0.529. The molecule has 0 spiro atoms. The first kappa shape index (κ1) is 6.56. The summed E-state index contributed by atoms with van der Waals surface area (Å²) in [6, 6.07) is 2.98. The van der Waals surface area contributed by atoms with E-state index >= 15 is 0 Å². The average Bonchev–Trinajstić information content (AvgIpc) is 1.88. The van der Waals surface area contributed by atoms with Gasteiger partial charge in [-0.15, -0.1) is 0 Å². The summed E-state index contributed by atoms with van der Waals surface area (Å²) in [7, 11) is 0. The summed E-state index contributed by atoms with van der Waals surface area (Å²) >= 11 is 0. The van der Waals surface area contributed by atoms with Gasteiger partial charge in [0.15, 0.2) is 0 Å². The van der Waals surface area contributed by atoms with Gasteiger partial charge in [-0.3, -0.25) is 4.79 Å². The van der Waals surface area contributed by atoms with Gasteiger partial charge in [0.25, 0.3) is 0 Å². The highest BCUT2D eigenvalue weighted by atomic mass is 16.3. The lowest BCUT2D eigenvalue weighted by Crippen LogP contribution is -2.04. The minimum absolute atomic E-state index is 0.0856. The predicted molar refractivity (Wildman–Crippen MR) is 34.4 cm³/mol. The SMILES string of the molecule is Cc1occc(=O)c1C#N. The van der Waals surface area contributed by atoms with E-state index in [1.165, 1.54) is 12.3 Å². The third kappa shape index (κ3) is 0.914. The molecule has 0 saturated carbocycles. The Labute approximate surface area is 57.5 Å². The van der Waals surface area contributed by atoms with Gasteiger partial charge in [-0.2, -0.15) is 5.26 Å². The molecule has 1 aromatic rings. The van der Waals surface area contributed by atoms with Crippen molar-refractivity contribution in [2.24, 2.45) is 0 Å². The van der Waals surface area contributed by atoms with Crippen LogP contribution in [0.2, 0.25) is 0 Å². The van der Waals surface area contributed by atoms with Crippen LogP contribution in [-0.4, -0.2) is 0 Å². The summed E-state index contributed by atoms with van der Waals surface area (Å²) in [6.07, 6.45) is 1.28. The largest absolute Gasteiger partial charge is 0.468 e. The fourth-order valence-corrected chi connectivity index (χ4v) is 0.647. The van der Waals surface area contributed by atoms with Crippen LogP contribution in [0.3, 0.4) is 0 Å². The Balaban J connectivity index is 3.50. The molecule has 0 amide bonds. The van der Waals surface area contributed by atoms with Crippen LogP contribution in [0, 0.1) is 18.3 Å². The maximum Gasteiger partial charge on any atom is 0.202 e. The van der Waals surface area contributed by atoms with Gasteiger partial charge in [0.2, 0.25) is 5.43 Å². The van der Waals surface area contributed by atoms with E-state index in [0.29, 0.717) is 5.76 Å². The van der Waals surface area contributed by atoms with Gasteiger partial charge in [0, 0.05) is 6.07 Å². The minimum atomic E-state index is -0.286. The molecular formula is C7H5NO2. The number of aryl methyl sites for hydroxylation is 1. The number of hydrogen-bond acceptors (Lipinski definition) is 3. The summed E-state index contributed by atoms with van der Waals surface area (Å²) in [5.41, 5.74) is -0.200. The van der Waals surface area contributed by atoms with Crippen LogP contribution >= 0.6 is 0 Å².